The molecule has 0 heterocycles. The second kappa shape index (κ2) is 6.61. The molecule has 0 heteroatoms. The van der Waals surface area contributed by atoms with Crippen LogP contribution in [0.25, 0.3) is 0 Å². The quantitative estimate of drug-likeness (QED) is 0.509. The molecule has 0 aromatic rings. The van der Waals surface area contributed by atoms with E-state index in [4.69, 9.17) is 0 Å². The van der Waals surface area contributed by atoms with Crippen LogP contribution in [0.4, 0.5) is 0 Å². The van der Waals surface area contributed by atoms with Gasteiger partial charge in [-0.15, -0.1) is 0 Å². The Morgan fingerprint density at radius 2 is 1.82 bits per heavy atom. The smallest absolute Gasteiger partial charge is 0.0172 e. The van der Waals surface area contributed by atoms with Gasteiger partial charge >= 0.3 is 0 Å². The molecule has 1 aliphatic rings. The van der Waals surface area contributed by atoms with Gasteiger partial charge in [-0.2, -0.15) is 0 Å². The van der Waals surface area contributed by atoms with Crippen LogP contribution in [0.1, 0.15) is 60.8 Å². The van der Waals surface area contributed by atoms with Crippen molar-refractivity contribution in [1.82, 2.24) is 0 Å². The molecular formula is C17H32. The summed E-state index contributed by atoms with van der Waals surface area (Å²) < 4.78 is 0. The molecule has 0 nitrogen and oxygen atoms in total. The van der Waals surface area contributed by atoms with Crippen LogP contribution < -0.4 is 0 Å². The third kappa shape index (κ3) is 3.36. The molecule has 0 amide bonds. The minimum atomic E-state index is 0.821. The van der Waals surface area contributed by atoms with Gasteiger partial charge in [0.05, 0.1) is 0 Å². The summed E-state index contributed by atoms with van der Waals surface area (Å²) in [7, 11) is 0. The first kappa shape index (κ1) is 14.8. The first-order valence-electron chi connectivity index (χ1n) is 7.71. The molecule has 1 rings (SSSR count). The minimum Gasteiger partial charge on any atom is -0.0914 e. The first-order valence-corrected chi connectivity index (χ1v) is 7.71. The Morgan fingerprint density at radius 3 is 2.24 bits per heavy atom. The fourth-order valence-corrected chi connectivity index (χ4v) is 3.83. The Morgan fingerprint density at radius 1 is 1.18 bits per heavy atom. The zero-order valence-electron chi connectivity index (χ0n) is 12.7. The highest BCUT2D eigenvalue weighted by atomic mass is 14.5. The molecule has 6 atom stereocenters. The number of rotatable bonds is 7. The van der Waals surface area contributed by atoms with E-state index in [1.54, 1.807) is 0 Å². The summed E-state index contributed by atoms with van der Waals surface area (Å²) in [5.41, 5.74) is 0. The Hall–Kier alpha value is -0.260. The van der Waals surface area contributed by atoms with Crippen LogP contribution in [0.5, 0.6) is 0 Å². The Labute approximate surface area is 109 Å². The Kier molecular flexibility index (Phi) is 5.76. The fourth-order valence-electron chi connectivity index (χ4n) is 3.83. The van der Waals surface area contributed by atoms with Gasteiger partial charge in [0.15, 0.2) is 0 Å². The minimum absolute atomic E-state index is 0.821. The van der Waals surface area contributed by atoms with E-state index in [0.29, 0.717) is 0 Å². The van der Waals surface area contributed by atoms with E-state index < -0.39 is 0 Å². The van der Waals surface area contributed by atoms with Gasteiger partial charge in [0.2, 0.25) is 0 Å². The van der Waals surface area contributed by atoms with Crippen LogP contribution in [0.2, 0.25) is 0 Å². The average molecular weight is 236 g/mol. The summed E-state index contributed by atoms with van der Waals surface area (Å²) in [6, 6.07) is 0. The standard InChI is InChI=1S/C17H32/c1-7-10-12(4)13(5)16(11-8-2)17-14(6)15(17)9-3/h8,11-17H,7,9-10H2,1-6H3. The normalized spacial score (nSPS) is 33.6. The van der Waals surface area contributed by atoms with Crippen molar-refractivity contribution in [3.8, 4) is 0 Å². The summed E-state index contributed by atoms with van der Waals surface area (Å²) in [6.07, 6.45) is 8.85. The molecule has 1 fully saturated rings. The summed E-state index contributed by atoms with van der Waals surface area (Å²) in [6.45, 7) is 14.2. The van der Waals surface area contributed by atoms with Crippen molar-refractivity contribution >= 4 is 0 Å². The van der Waals surface area contributed by atoms with Gasteiger partial charge in [-0.05, 0) is 42.4 Å². The monoisotopic (exact) mass is 236 g/mol. The van der Waals surface area contributed by atoms with Gasteiger partial charge in [0.1, 0.15) is 0 Å². The molecular weight excluding hydrogens is 204 g/mol. The second-order valence-corrected chi connectivity index (χ2v) is 6.24. The van der Waals surface area contributed by atoms with Crippen molar-refractivity contribution in [2.45, 2.75) is 60.8 Å². The zero-order valence-corrected chi connectivity index (χ0v) is 12.7. The maximum absolute atomic E-state index is 2.49. The first-order chi connectivity index (χ1) is 8.08. The molecule has 0 N–H and O–H groups in total. The van der Waals surface area contributed by atoms with Crippen LogP contribution in [-0.2, 0) is 0 Å². The molecule has 0 aromatic carbocycles. The van der Waals surface area contributed by atoms with Crippen molar-refractivity contribution in [3.63, 3.8) is 0 Å². The van der Waals surface area contributed by atoms with Crippen LogP contribution >= 0.6 is 0 Å². The van der Waals surface area contributed by atoms with Crippen LogP contribution in [0.3, 0.4) is 0 Å². The Balaban J connectivity index is 2.66. The maximum atomic E-state index is 2.49. The highest BCUT2D eigenvalue weighted by molar-refractivity contribution is 5.05. The SMILES string of the molecule is CC=CC(C(C)C(C)CCC)C1C(C)C1CC. The fraction of sp³-hybridized carbons (Fsp3) is 0.882. The van der Waals surface area contributed by atoms with E-state index in [9.17, 15) is 0 Å². The van der Waals surface area contributed by atoms with Crippen molar-refractivity contribution in [3.05, 3.63) is 12.2 Å². The topological polar surface area (TPSA) is 0 Å². The molecule has 0 saturated heterocycles. The predicted octanol–water partition coefficient (Wildman–Crippen LogP) is 5.54. The predicted molar refractivity (Wildman–Crippen MR) is 78.0 cm³/mol. The van der Waals surface area contributed by atoms with Crippen molar-refractivity contribution in [2.24, 2.45) is 35.5 Å². The third-order valence-corrected chi connectivity index (χ3v) is 5.22. The lowest BCUT2D eigenvalue weighted by Crippen LogP contribution is -2.20. The van der Waals surface area contributed by atoms with Gasteiger partial charge < -0.3 is 0 Å². The van der Waals surface area contributed by atoms with Gasteiger partial charge in [0, 0.05) is 0 Å². The van der Waals surface area contributed by atoms with Crippen molar-refractivity contribution < 1.29 is 0 Å². The molecule has 1 saturated carbocycles. The van der Waals surface area contributed by atoms with Gasteiger partial charge in [-0.25, -0.2) is 0 Å². The van der Waals surface area contributed by atoms with E-state index in [1.165, 1.54) is 19.3 Å². The van der Waals surface area contributed by atoms with Gasteiger partial charge in [-0.3, -0.25) is 0 Å². The second-order valence-electron chi connectivity index (χ2n) is 6.24. The highest BCUT2D eigenvalue weighted by Gasteiger charge is 2.50. The van der Waals surface area contributed by atoms with E-state index in [2.05, 4.69) is 53.7 Å². The van der Waals surface area contributed by atoms with E-state index in [-0.39, 0.29) is 0 Å². The largest absolute Gasteiger partial charge is 0.0914 e. The molecule has 100 valence electrons. The molecule has 0 radical (unpaired) electrons. The molecule has 1 aliphatic carbocycles. The van der Waals surface area contributed by atoms with Crippen LogP contribution in [0.15, 0.2) is 12.2 Å². The lowest BCUT2D eigenvalue weighted by Gasteiger charge is -2.27. The van der Waals surface area contributed by atoms with Crippen LogP contribution in [-0.4, -0.2) is 0 Å². The average Bonchev–Trinajstić information content (AvgIpc) is 2.96. The summed E-state index contributed by atoms with van der Waals surface area (Å²) >= 11 is 0. The number of hydrogen-bond donors (Lipinski definition) is 0. The molecule has 0 spiro atoms. The van der Waals surface area contributed by atoms with E-state index in [0.717, 1.165) is 35.5 Å². The van der Waals surface area contributed by atoms with E-state index in [1.807, 2.05) is 0 Å². The van der Waals surface area contributed by atoms with E-state index >= 15 is 0 Å². The summed E-state index contributed by atoms with van der Waals surface area (Å²) in [5.74, 6) is 5.44. The number of hydrogen-bond acceptors (Lipinski definition) is 0. The Bertz CT molecular complexity index is 240. The summed E-state index contributed by atoms with van der Waals surface area (Å²) in [4.78, 5) is 0. The molecule has 0 aliphatic heterocycles. The van der Waals surface area contributed by atoms with Crippen molar-refractivity contribution in [2.75, 3.05) is 0 Å². The maximum Gasteiger partial charge on any atom is -0.0172 e. The molecule has 17 heavy (non-hydrogen) atoms. The van der Waals surface area contributed by atoms with Gasteiger partial charge in [0.25, 0.3) is 0 Å². The zero-order chi connectivity index (χ0) is 13.0. The highest BCUT2D eigenvalue weighted by Crippen LogP contribution is 2.55. The van der Waals surface area contributed by atoms with Crippen LogP contribution in [0, 0.1) is 35.5 Å². The van der Waals surface area contributed by atoms with Gasteiger partial charge in [-0.1, -0.05) is 66.0 Å². The lowest BCUT2D eigenvalue weighted by molar-refractivity contribution is 0.254. The molecule has 0 bridgehead atoms. The lowest BCUT2D eigenvalue weighted by atomic mass is 9.78. The number of allylic oxidation sites excluding steroid dienone is 2. The third-order valence-electron chi connectivity index (χ3n) is 5.22. The molecule has 0 aromatic heterocycles. The molecule has 6 unspecified atom stereocenters. The van der Waals surface area contributed by atoms with Crippen molar-refractivity contribution in [1.29, 1.82) is 0 Å². The summed E-state index contributed by atoms with van der Waals surface area (Å²) in [5, 5.41) is 0.